The van der Waals surface area contributed by atoms with Crippen LogP contribution in [0.25, 0.3) is 0 Å². The maximum atomic E-state index is 11.4. The number of rotatable bonds is 48. The Kier molecular flexibility index (Phi) is 41.7. The third kappa shape index (κ3) is 38.0. The molecule has 0 saturated heterocycles. The van der Waals surface area contributed by atoms with E-state index in [4.69, 9.17) is 52.1 Å². The molecule has 0 saturated carbocycles. The van der Waals surface area contributed by atoms with E-state index < -0.39 is 0 Å². The van der Waals surface area contributed by atoms with E-state index in [2.05, 4.69) is 6.92 Å². The van der Waals surface area contributed by atoms with Crippen molar-refractivity contribution in [2.45, 2.75) is 96.8 Å². The molecule has 0 aliphatic carbocycles. The van der Waals surface area contributed by atoms with Crippen LogP contribution in [0, 0.1) is 0 Å². The highest BCUT2D eigenvalue weighted by molar-refractivity contribution is 6.12. The molecule has 0 fully saturated rings. The fraction of sp³-hybridized carbons (Fsp3) is 0.905. The Balaban J connectivity index is 1.60. The van der Waals surface area contributed by atoms with Gasteiger partial charge in [0.05, 0.1) is 145 Å². The Labute approximate surface area is 338 Å². The highest BCUT2D eigenvalue weighted by atomic mass is 16.6. The summed E-state index contributed by atoms with van der Waals surface area (Å²) < 4.78 is 60.5. The van der Waals surface area contributed by atoms with Crippen molar-refractivity contribution in [3.8, 4) is 0 Å². The molecule has 0 atom stereocenters. The lowest BCUT2D eigenvalue weighted by Crippen LogP contribution is -2.33. The van der Waals surface area contributed by atoms with Crippen LogP contribution < -0.4 is 0 Å². The van der Waals surface area contributed by atoms with E-state index in [1.165, 1.54) is 95.6 Å². The summed E-state index contributed by atoms with van der Waals surface area (Å²) >= 11 is 0. The molecule has 0 spiro atoms. The number of hydrogen-bond acceptors (Lipinski definition) is 13. The molecular formula is C42H79NO13. The van der Waals surface area contributed by atoms with Gasteiger partial charge in [0.2, 0.25) is 0 Å². The molecular weight excluding hydrogens is 726 g/mol. The monoisotopic (exact) mass is 806 g/mol. The van der Waals surface area contributed by atoms with Crippen LogP contribution in [0.3, 0.4) is 0 Å². The second-order valence-corrected chi connectivity index (χ2v) is 13.5. The Morgan fingerprint density at radius 3 is 0.786 bits per heavy atom. The molecule has 0 bridgehead atoms. The van der Waals surface area contributed by atoms with Crippen molar-refractivity contribution in [3.05, 3.63) is 12.2 Å². The van der Waals surface area contributed by atoms with Crippen molar-refractivity contribution in [2.24, 2.45) is 0 Å². The molecule has 2 amide bonds. The third-order valence-corrected chi connectivity index (χ3v) is 8.72. The predicted molar refractivity (Wildman–Crippen MR) is 215 cm³/mol. The number of nitrogens with zero attached hydrogens (tertiary/aromatic N) is 1. The Morgan fingerprint density at radius 1 is 0.304 bits per heavy atom. The normalized spacial score (nSPS) is 12.9. The highest BCUT2D eigenvalue weighted by Gasteiger charge is 2.22. The quantitative estimate of drug-likeness (QED) is 0.0560. The molecule has 0 aromatic heterocycles. The number of carbonyl (C=O) groups is 2. The van der Waals surface area contributed by atoms with Gasteiger partial charge in [0.15, 0.2) is 0 Å². The van der Waals surface area contributed by atoms with Gasteiger partial charge in [-0.25, -0.2) is 0 Å². The zero-order chi connectivity index (χ0) is 40.1. The smallest absolute Gasteiger partial charge is 0.253 e. The molecule has 14 nitrogen and oxygen atoms in total. The summed E-state index contributed by atoms with van der Waals surface area (Å²) in [5, 5.41) is 0. The van der Waals surface area contributed by atoms with Gasteiger partial charge in [-0.2, -0.15) is 0 Å². The first-order chi connectivity index (χ1) is 27.8. The van der Waals surface area contributed by atoms with E-state index >= 15 is 0 Å². The lowest BCUT2D eigenvalue weighted by atomic mass is 10.0. The van der Waals surface area contributed by atoms with Gasteiger partial charge in [0.25, 0.3) is 11.8 Å². The van der Waals surface area contributed by atoms with Crippen LogP contribution in [-0.2, 0) is 61.7 Å². The van der Waals surface area contributed by atoms with Crippen molar-refractivity contribution in [3.63, 3.8) is 0 Å². The Hall–Kier alpha value is -1.56. The number of hydrogen-bond donors (Lipinski definition) is 0. The fourth-order valence-electron chi connectivity index (χ4n) is 5.51. The van der Waals surface area contributed by atoms with Gasteiger partial charge in [-0.1, -0.05) is 90.4 Å². The van der Waals surface area contributed by atoms with Gasteiger partial charge in [0, 0.05) is 18.8 Å². The maximum absolute atomic E-state index is 11.4. The summed E-state index contributed by atoms with van der Waals surface area (Å²) in [7, 11) is 0. The van der Waals surface area contributed by atoms with E-state index in [1.54, 1.807) is 0 Å². The predicted octanol–water partition coefficient (Wildman–Crippen LogP) is 5.58. The first-order valence-electron chi connectivity index (χ1n) is 21.6. The third-order valence-electron chi connectivity index (χ3n) is 8.72. The summed E-state index contributed by atoms with van der Waals surface area (Å²) in [6, 6.07) is 0. The van der Waals surface area contributed by atoms with Crippen LogP contribution in [0.1, 0.15) is 96.8 Å². The van der Waals surface area contributed by atoms with Crippen LogP contribution in [0.2, 0.25) is 0 Å². The first-order valence-corrected chi connectivity index (χ1v) is 21.6. The standard InChI is InChI=1S/C42H79NO13/c1-2-3-4-5-6-7-8-9-10-11-12-13-14-15-19-46-21-23-48-25-27-50-29-31-52-33-35-54-37-39-56-40-38-55-36-34-53-32-30-51-28-26-49-24-22-47-20-18-43-41(44)16-17-42(43)45/h16-17H,2-15,18-40H2,1H3. The number of unbranched alkanes of at least 4 members (excludes halogenated alkanes) is 13. The van der Waals surface area contributed by atoms with E-state index in [-0.39, 0.29) is 25.0 Å². The average molecular weight is 806 g/mol. The summed E-state index contributed by atoms with van der Waals surface area (Å²) in [6.07, 6.45) is 21.7. The summed E-state index contributed by atoms with van der Waals surface area (Å²) in [4.78, 5) is 24.0. The lowest BCUT2D eigenvalue weighted by Gasteiger charge is -2.13. The van der Waals surface area contributed by atoms with Crippen molar-refractivity contribution >= 4 is 11.8 Å². The molecule has 1 heterocycles. The minimum atomic E-state index is -0.304. The van der Waals surface area contributed by atoms with Gasteiger partial charge < -0.3 is 52.1 Å². The van der Waals surface area contributed by atoms with E-state index in [1.807, 2.05) is 0 Å². The van der Waals surface area contributed by atoms with Crippen LogP contribution in [0.4, 0.5) is 0 Å². The van der Waals surface area contributed by atoms with Gasteiger partial charge in [-0.15, -0.1) is 0 Å². The molecule has 1 rings (SSSR count). The second kappa shape index (κ2) is 44.5. The summed E-state index contributed by atoms with van der Waals surface area (Å²) in [6.45, 7) is 13.7. The number of carbonyl (C=O) groups excluding carboxylic acids is 2. The van der Waals surface area contributed by atoms with Crippen molar-refractivity contribution in [1.29, 1.82) is 0 Å². The molecule has 0 aromatic carbocycles. The topological polar surface area (TPSA) is 139 Å². The van der Waals surface area contributed by atoms with E-state index in [0.29, 0.717) is 132 Å². The molecule has 0 aromatic rings. The largest absolute Gasteiger partial charge is 0.379 e. The summed E-state index contributed by atoms with van der Waals surface area (Å²) in [5.41, 5.74) is 0. The van der Waals surface area contributed by atoms with E-state index in [0.717, 1.165) is 17.9 Å². The SMILES string of the molecule is CCCCCCCCCCCCCCCCOCCOCCOCCOCCOCCOCCOCCOCCOCCOCCOCCN1C(=O)C=CC1=O. The number of ether oxygens (including phenoxy) is 11. The van der Waals surface area contributed by atoms with Crippen molar-refractivity contribution in [2.75, 3.05) is 152 Å². The van der Waals surface area contributed by atoms with Crippen LogP contribution in [-0.4, -0.2) is 169 Å². The second-order valence-electron chi connectivity index (χ2n) is 13.5. The van der Waals surface area contributed by atoms with E-state index in [9.17, 15) is 9.59 Å². The fourth-order valence-corrected chi connectivity index (χ4v) is 5.51. The minimum Gasteiger partial charge on any atom is -0.379 e. The zero-order valence-electron chi connectivity index (χ0n) is 35.1. The molecule has 0 N–H and O–H groups in total. The van der Waals surface area contributed by atoms with Gasteiger partial charge in [-0.3, -0.25) is 14.5 Å². The summed E-state index contributed by atoms with van der Waals surface area (Å²) in [5.74, 6) is -0.608. The van der Waals surface area contributed by atoms with Gasteiger partial charge >= 0.3 is 0 Å². The molecule has 56 heavy (non-hydrogen) atoms. The molecule has 330 valence electrons. The van der Waals surface area contributed by atoms with Gasteiger partial charge in [0.1, 0.15) is 0 Å². The van der Waals surface area contributed by atoms with Crippen LogP contribution in [0.15, 0.2) is 12.2 Å². The Morgan fingerprint density at radius 2 is 0.518 bits per heavy atom. The molecule has 1 aliphatic rings. The highest BCUT2D eigenvalue weighted by Crippen LogP contribution is 2.13. The maximum Gasteiger partial charge on any atom is 0.253 e. The molecule has 1 aliphatic heterocycles. The number of amides is 2. The lowest BCUT2D eigenvalue weighted by molar-refractivity contribution is -0.137. The molecule has 0 radical (unpaired) electrons. The minimum absolute atomic E-state index is 0.242. The van der Waals surface area contributed by atoms with Crippen molar-refractivity contribution < 1.29 is 61.7 Å². The molecule has 0 unspecified atom stereocenters. The number of imide groups is 1. The average Bonchev–Trinajstić information content (AvgIpc) is 3.53. The van der Waals surface area contributed by atoms with Crippen molar-refractivity contribution in [1.82, 2.24) is 4.90 Å². The van der Waals surface area contributed by atoms with Crippen LogP contribution in [0.5, 0.6) is 0 Å². The van der Waals surface area contributed by atoms with Gasteiger partial charge in [-0.05, 0) is 6.42 Å². The zero-order valence-corrected chi connectivity index (χ0v) is 35.1. The first kappa shape index (κ1) is 52.5. The molecule has 14 heteroatoms. The van der Waals surface area contributed by atoms with Crippen LogP contribution >= 0.6 is 0 Å². The Bertz CT molecular complexity index is 849.